The predicted octanol–water partition coefficient (Wildman–Crippen LogP) is 5.81. The van der Waals surface area contributed by atoms with Gasteiger partial charge in [0, 0.05) is 19.5 Å². The number of esters is 1. The fourth-order valence-electron chi connectivity index (χ4n) is 2.87. The lowest BCUT2D eigenvalue weighted by Crippen LogP contribution is -2.23. The van der Waals surface area contributed by atoms with Gasteiger partial charge in [-0.1, -0.05) is 73.7 Å². The number of nitrogens with zero attached hydrogens (tertiary/aromatic N) is 1. The van der Waals surface area contributed by atoms with Gasteiger partial charge < -0.3 is 9.64 Å². The van der Waals surface area contributed by atoms with Gasteiger partial charge in [-0.2, -0.15) is 0 Å². The molecule has 0 aliphatic rings. The number of hydrogen-bond donors (Lipinski definition) is 0. The van der Waals surface area contributed by atoms with E-state index in [-0.39, 0.29) is 5.97 Å². The monoisotopic (exact) mass is 471 g/mol. The summed E-state index contributed by atoms with van der Waals surface area (Å²) in [6, 6.07) is 26.7. The van der Waals surface area contributed by atoms with Gasteiger partial charge in [-0.05, 0) is 45.9 Å². The molecule has 0 aliphatic heterocycles. The number of para-hydroxylation sites is 1. The van der Waals surface area contributed by atoms with Gasteiger partial charge in [-0.3, -0.25) is 4.79 Å². The largest absolute Gasteiger partial charge is 0.423 e. The van der Waals surface area contributed by atoms with Crippen LogP contribution in [0.15, 0.2) is 78.9 Å². The van der Waals surface area contributed by atoms with Crippen molar-refractivity contribution in [1.29, 1.82) is 0 Å². The number of rotatable bonds is 7. The Hall–Kier alpha value is -2.34. The van der Waals surface area contributed by atoms with Crippen molar-refractivity contribution in [2.75, 3.05) is 4.90 Å². The summed E-state index contributed by atoms with van der Waals surface area (Å²) < 4.78 is 6.62. The van der Waals surface area contributed by atoms with Crippen LogP contribution in [0.3, 0.4) is 0 Å². The summed E-state index contributed by atoms with van der Waals surface area (Å²) in [6.07, 6.45) is 0.349. The van der Waals surface area contributed by atoms with Crippen LogP contribution >= 0.6 is 22.6 Å². The molecule has 0 heterocycles. The number of anilines is 1. The van der Waals surface area contributed by atoms with Gasteiger partial charge >= 0.3 is 5.97 Å². The molecule has 0 radical (unpaired) electrons. The van der Waals surface area contributed by atoms with Crippen molar-refractivity contribution in [2.45, 2.75) is 26.4 Å². The Labute approximate surface area is 174 Å². The summed E-state index contributed by atoms with van der Waals surface area (Å²) in [4.78, 5) is 14.2. The molecule has 3 aromatic rings. The molecule has 27 heavy (non-hydrogen) atoms. The molecule has 0 aromatic heterocycles. The second-order valence-electron chi connectivity index (χ2n) is 6.24. The highest BCUT2D eigenvalue weighted by molar-refractivity contribution is 14.1. The van der Waals surface area contributed by atoms with Crippen molar-refractivity contribution in [3.8, 4) is 5.75 Å². The highest BCUT2D eigenvalue weighted by Gasteiger charge is 2.18. The van der Waals surface area contributed by atoms with E-state index >= 15 is 0 Å². The molecule has 0 N–H and O–H groups in total. The minimum atomic E-state index is -0.222. The smallest absolute Gasteiger partial charge is 0.311 e. The van der Waals surface area contributed by atoms with Gasteiger partial charge in [0.25, 0.3) is 0 Å². The van der Waals surface area contributed by atoms with E-state index in [9.17, 15) is 4.79 Å². The molecule has 4 heteroatoms. The fraction of sp³-hybridized carbons (Fsp3) is 0.174. The zero-order valence-corrected chi connectivity index (χ0v) is 17.4. The highest BCUT2D eigenvalue weighted by atomic mass is 127. The lowest BCUT2D eigenvalue weighted by molar-refractivity contribution is -0.134. The minimum absolute atomic E-state index is 0.222. The highest BCUT2D eigenvalue weighted by Crippen LogP contribution is 2.35. The Morgan fingerprint density at radius 3 is 1.93 bits per heavy atom. The lowest BCUT2D eigenvalue weighted by atomic mass is 10.1. The average molecular weight is 471 g/mol. The second kappa shape index (κ2) is 9.55. The van der Waals surface area contributed by atoms with Crippen LogP contribution in [0.25, 0.3) is 0 Å². The SMILES string of the molecule is CCC(=O)Oc1c(I)cccc1N(Cc1ccccc1)Cc1ccccc1. The van der Waals surface area contributed by atoms with Gasteiger partial charge in [0.05, 0.1) is 9.26 Å². The van der Waals surface area contributed by atoms with Crippen LogP contribution in [-0.4, -0.2) is 5.97 Å². The van der Waals surface area contributed by atoms with E-state index < -0.39 is 0 Å². The first-order chi connectivity index (χ1) is 13.2. The Balaban J connectivity index is 1.99. The number of ether oxygens (including phenoxy) is 1. The van der Waals surface area contributed by atoms with Crippen LogP contribution < -0.4 is 9.64 Å². The first kappa shape index (κ1) is 19.4. The summed E-state index contributed by atoms with van der Waals surface area (Å²) in [6.45, 7) is 3.27. The molecule has 0 aliphatic carbocycles. The van der Waals surface area contributed by atoms with Gasteiger partial charge in [-0.25, -0.2) is 0 Å². The Kier molecular flexibility index (Phi) is 6.87. The van der Waals surface area contributed by atoms with Crippen LogP contribution in [0, 0.1) is 3.57 Å². The maximum atomic E-state index is 12.0. The predicted molar refractivity (Wildman–Crippen MR) is 118 cm³/mol. The van der Waals surface area contributed by atoms with Crippen LogP contribution in [-0.2, 0) is 17.9 Å². The van der Waals surface area contributed by atoms with Gasteiger partial charge in [0.1, 0.15) is 0 Å². The van der Waals surface area contributed by atoms with E-state index in [1.54, 1.807) is 0 Å². The maximum Gasteiger partial charge on any atom is 0.311 e. The number of carbonyl (C=O) groups is 1. The molecule has 0 saturated carbocycles. The number of benzene rings is 3. The maximum absolute atomic E-state index is 12.0. The molecule has 0 saturated heterocycles. The van der Waals surface area contributed by atoms with Crippen molar-refractivity contribution in [3.05, 3.63) is 93.6 Å². The van der Waals surface area contributed by atoms with Crippen LogP contribution in [0.2, 0.25) is 0 Å². The molecule has 0 amide bonds. The zero-order chi connectivity index (χ0) is 19.1. The quantitative estimate of drug-likeness (QED) is 0.247. The van der Waals surface area contributed by atoms with E-state index in [0.717, 1.165) is 22.3 Å². The van der Waals surface area contributed by atoms with Crippen molar-refractivity contribution in [2.24, 2.45) is 0 Å². The summed E-state index contributed by atoms with van der Waals surface area (Å²) in [5.41, 5.74) is 3.34. The van der Waals surface area contributed by atoms with Crippen LogP contribution in [0.4, 0.5) is 5.69 Å². The summed E-state index contributed by atoms with van der Waals surface area (Å²) >= 11 is 2.23. The molecule has 0 unspecified atom stereocenters. The molecule has 0 atom stereocenters. The molecular formula is C23H22INO2. The van der Waals surface area contributed by atoms with E-state index in [2.05, 4.69) is 51.8 Å². The number of hydrogen-bond acceptors (Lipinski definition) is 3. The molecular weight excluding hydrogens is 449 g/mol. The Morgan fingerprint density at radius 2 is 1.41 bits per heavy atom. The fourth-order valence-corrected chi connectivity index (χ4v) is 3.46. The van der Waals surface area contributed by atoms with Crippen molar-refractivity contribution in [1.82, 2.24) is 0 Å². The van der Waals surface area contributed by atoms with Crippen molar-refractivity contribution >= 4 is 34.2 Å². The Bertz CT molecular complexity index is 840. The third-order valence-electron chi connectivity index (χ3n) is 4.22. The molecule has 3 rings (SSSR count). The molecule has 0 spiro atoms. The average Bonchev–Trinajstić information content (AvgIpc) is 2.70. The summed E-state index contributed by atoms with van der Waals surface area (Å²) in [5.74, 6) is 0.413. The van der Waals surface area contributed by atoms with Gasteiger partial charge in [0.2, 0.25) is 0 Å². The Morgan fingerprint density at radius 1 is 0.852 bits per heavy atom. The standard InChI is InChI=1S/C23H22INO2/c1-2-22(26)27-23-20(24)14-9-15-21(23)25(16-18-10-5-3-6-11-18)17-19-12-7-4-8-13-19/h3-15H,2,16-17H2,1H3. The van der Waals surface area contributed by atoms with Crippen LogP contribution in [0.1, 0.15) is 24.5 Å². The number of carbonyl (C=O) groups excluding carboxylic acids is 1. The van der Waals surface area contributed by atoms with Gasteiger partial charge in [0.15, 0.2) is 5.75 Å². The van der Waals surface area contributed by atoms with Crippen molar-refractivity contribution < 1.29 is 9.53 Å². The zero-order valence-electron chi connectivity index (χ0n) is 15.3. The molecule has 3 nitrogen and oxygen atoms in total. The molecule has 0 fully saturated rings. The third kappa shape index (κ3) is 5.32. The van der Waals surface area contributed by atoms with E-state index in [0.29, 0.717) is 12.2 Å². The van der Waals surface area contributed by atoms with Crippen molar-refractivity contribution in [3.63, 3.8) is 0 Å². The van der Waals surface area contributed by atoms with Gasteiger partial charge in [-0.15, -0.1) is 0 Å². The summed E-state index contributed by atoms with van der Waals surface area (Å²) in [5, 5.41) is 0. The molecule has 138 valence electrons. The first-order valence-electron chi connectivity index (χ1n) is 8.99. The lowest BCUT2D eigenvalue weighted by Gasteiger charge is -2.27. The second-order valence-corrected chi connectivity index (χ2v) is 7.41. The minimum Gasteiger partial charge on any atom is -0.423 e. The molecule has 3 aromatic carbocycles. The third-order valence-corrected chi connectivity index (χ3v) is 5.07. The first-order valence-corrected chi connectivity index (χ1v) is 10.1. The normalized spacial score (nSPS) is 10.4. The summed E-state index contributed by atoms with van der Waals surface area (Å²) in [7, 11) is 0. The number of halogens is 1. The van der Waals surface area contributed by atoms with E-state index in [1.807, 2.05) is 61.5 Å². The molecule has 0 bridgehead atoms. The topological polar surface area (TPSA) is 29.5 Å². The van der Waals surface area contributed by atoms with Crippen LogP contribution in [0.5, 0.6) is 5.75 Å². The van der Waals surface area contributed by atoms with E-state index in [1.165, 1.54) is 11.1 Å². The van der Waals surface area contributed by atoms with E-state index in [4.69, 9.17) is 4.74 Å².